The molecule has 0 bridgehead atoms. The Hall–Kier alpha value is -0.0800. The lowest BCUT2D eigenvalue weighted by Gasteiger charge is -2.31. The number of hydrogen-bond donors (Lipinski definition) is 1. The highest BCUT2D eigenvalue weighted by Gasteiger charge is 2.24. The Labute approximate surface area is 107 Å². The van der Waals surface area contributed by atoms with Gasteiger partial charge < -0.3 is 10.1 Å². The lowest BCUT2D eigenvalue weighted by Crippen LogP contribution is -2.37. The summed E-state index contributed by atoms with van der Waals surface area (Å²) in [6.07, 6.45) is 13.0. The van der Waals surface area contributed by atoms with Gasteiger partial charge in [0.1, 0.15) is 0 Å². The van der Waals surface area contributed by atoms with E-state index in [-0.39, 0.29) is 0 Å². The number of nitrogens with one attached hydrogen (secondary N) is 1. The van der Waals surface area contributed by atoms with Crippen LogP contribution in [0.1, 0.15) is 64.7 Å². The predicted molar refractivity (Wildman–Crippen MR) is 72.2 cm³/mol. The SMILES string of the molecule is CCNC(CCC1CCCO1)C1CCCCC1. The molecule has 0 aromatic carbocycles. The molecule has 0 spiro atoms. The normalized spacial score (nSPS) is 28.4. The van der Waals surface area contributed by atoms with Crippen molar-refractivity contribution in [1.82, 2.24) is 5.32 Å². The smallest absolute Gasteiger partial charge is 0.0576 e. The molecule has 0 radical (unpaired) electrons. The van der Waals surface area contributed by atoms with E-state index in [9.17, 15) is 0 Å². The third-order valence-corrected chi connectivity index (χ3v) is 4.51. The van der Waals surface area contributed by atoms with Gasteiger partial charge in [0.15, 0.2) is 0 Å². The van der Waals surface area contributed by atoms with Crippen molar-refractivity contribution in [3.63, 3.8) is 0 Å². The number of hydrogen-bond acceptors (Lipinski definition) is 2. The molecule has 0 aromatic heterocycles. The Morgan fingerprint density at radius 1 is 1.12 bits per heavy atom. The number of ether oxygens (including phenoxy) is 1. The summed E-state index contributed by atoms with van der Waals surface area (Å²) in [7, 11) is 0. The summed E-state index contributed by atoms with van der Waals surface area (Å²) in [5, 5.41) is 3.72. The molecule has 0 amide bonds. The van der Waals surface area contributed by atoms with Crippen LogP contribution in [0.4, 0.5) is 0 Å². The van der Waals surface area contributed by atoms with Crippen molar-refractivity contribution < 1.29 is 4.74 Å². The van der Waals surface area contributed by atoms with Crippen LogP contribution in [0.15, 0.2) is 0 Å². The first-order valence-electron chi connectivity index (χ1n) is 7.75. The molecule has 1 saturated heterocycles. The van der Waals surface area contributed by atoms with Gasteiger partial charge in [0.2, 0.25) is 0 Å². The van der Waals surface area contributed by atoms with E-state index < -0.39 is 0 Å². The van der Waals surface area contributed by atoms with Crippen molar-refractivity contribution in [1.29, 1.82) is 0 Å². The second-order valence-corrected chi connectivity index (χ2v) is 5.77. The zero-order valence-corrected chi connectivity index (χ0v) is 11.4. The standard InChI is InChI=1S/C15H29NO/c1-2-16-15(13-7-4-3-5-8-13)11-10-14-9-6-12-17-14/h13-16H,2-12H2,1H3. The third-order valence-electron chi connectivity index (χ3n) is 4.51. The van der Waals surface area contributed by atoms with E-state index in [0.29, 0.717) is 6.10 Å². The fourth-order valence-electron chi connectivity index (χ4n) is 3.54. The van der Waals surface area contributed by atoms with Gasteiger partial charge in [0.05, 0.1) is 6.10 Å². The van der Waals surface area contributed by atoms with Crippen LogP contribution in [0, 0.1) is 5.92 Å². The lowest BCUT2D eigenvalue weighted by molar-refractivity contribution is 0.0956. The molecule has 2 rings (SSSR count). The van der Waals surface area contributed by atoms with E-state index in [2.05, 4.69) is 12.2 Å². The predicted octanol–water partition coefficient (Wildman–Crippen LogP) is 3.50. The van der Waals surface area contributed by atoms with E-state index in [0.717, 1.165) is 25.1 Å². The minimum atomic E-state index is 0.569. The van der Waals surface area contributed by atoms with Gasteiger partial charge in [0.25, 0.3) is 0 Å². The molecular formula is C15H29NO. The van der Waals surface area contributed by atoms with Crippen LogP contribution in [0.2, 0.25) is 0 Å². The maximum Gasteiger partial charge on any atom is 0.0576 e. The van der Waals surface area contributed by atoms with Crippen molar-refractivity contribution in [2.75, 3.05) is 13.2 Å². The van der Waals surface area contributed by atoms with E-state index in [1.165, 1.54) is 57.8 Å². The van der Waals surface area contributed by atoms with Gasteiger partial charge in [0, 0.05) is 12.6 Å². The highest BCUT2D eigenvalue weighted by molar-refractivity contribution is 4.80. The van der Waals surface area contributed by atoms with Crippen molar-refractivity contribution in [2.24, 2.45) is 5.92 Å². The quantitative estimate of drug-likeness (QED) is 0.766. The van der Waals surface area contributed by atoms with Gasteiger partial charge in [-0.1, -0.05) is 26.2 Å². The summed E-state index contributed by atoms with van der Waals surface area (Å²) in [6, 6.07) is 0.754. The lowest BCUT2D eigenvalue weighted by atomic mass is 9.82. The molecule has 2 atom stereocenters. The maximum atomic E-state index is 5.74. The fraction of sp³-hybridized carbons (Fsp3) is 1.00. The van der Waals surface area contributed by atoms with Crippen molar-refractivity contribution in [3.05, 3.63) is 0 Å². The largest absolute Gasteiger partial charge is 0.378 e. The second kappa shape index (κ2) is 7.38. The minimum absolute atomic E-state index is 0.569. The highest BCUT2D eigenvalue weighted by atomic mass is 16.5. The van der Waals surface area contributed by atoms with Gasteiger partial charge in [-0.2, -0.15) is 0 Å². The van der Waals surface area contributed by atoms with Crippen LogP contribution in [-0.2, 0) is 4.74 Å². The topological polar surface area (TPSA) is 21.3 Å². The first kappa shape index (κ1) is 13.4. The average molecular weight is 239 g/mol. The van der Waals surface area contributed by atoms with Gasteiger partial charge in [-0.3, -0.25) is 0 Å². The zero-order valence-electron chi connectivity index (χ0n) is 11.4. The molecule has 2 nitrogen and oxygen atoms in total. The van der Waals surface area contributed by atoms with Crippen LogP contribution >= 0.6 is 0 Å². The molecule has 1 saturated carbocycles. The van der Waals surface area contributed by atoms with Crippen LogP contribution in [0.5, 0.6) is 0 Å². The molecule has 1 N–H and O–H groups in total. The summed E-state index contributed by atoms with van der Waals surface area (Å²) >= 11 is 0. The molecule has 2 fully saturated rings. The summed E-state index contributed by atoms with van der Waals surface area (Å²) in [4.78, 5) is 0. The minimum Gasteiger partial charge on any atom is -0.378 e. The molecule has 1 heterocycles. The van der Waals surface area contributed by atoms with Crippen molar-refractivity contribution in [2.45, 2.75) is 76.9 Å². The molecule has 0 aromatic rings. The Morgan fingerprint density at radius 2 is 1.94 bits per heavy atom. The first-order chi connectivity index (χ1) is 8.40. The Morgan fingerprint density at radius 3 is 2.59 bits per heavy atom. The second-order valence-electron chi connectivity index (χ2n) is 5.77. The molecule has 17 heavy (non-hydrogen) atoms. The van der Waals surface area contributed by atoms with E-state index >= 15 is 0 Å². The van der Waals surface area contributed by atoms with Crippen LogP contribution < -0.4 is 5.32 Å². The third kappa shape index (κ3) is 4.26. The molecule has 2 heteroatoms. The summed E-state index contributed by atoms with van der Waals surface area (Å²) in [6.45, 7) is 4.36. The molecule has 100 valence electrons. The fourth-order valence-corrected chi connectivity index (χ4v) is 3.54. The van der Waals surface area contributed by atoms with E-state index in [1.54, 1.807) is 0 Å². The van der Waals surface area contributed by atoms with Crippen LogP contribution in [0.3, 0.4) is 0 Å². The Bertz CT molecular complexity index is 195. The number of rotatable bonds is 6. The highest BCUT2D eigenvalue weighted by Crippen LogP contribution is 2.29. The summed E-state index contributed by atoms with van der Waals surface area (Å²) < 4.78 is 5.74. The van der Waals surface area contributed by atoms with E-state index in [1.807, 2.05) is 0 Å². The van der Waals surface area contributed by atoms with Gasteiger partial charge in [-0.05, 0) is 51.0 Å². The Balaban J connectivity index is 1.74. The monoisotopic (exact) mass is 239 g/mol. The van der Waals surface area contributed by atoms with Gasteiger partial charge in [-0.15, -0.1) is 0 Å². The Kier molecular flexibility index (Phi) is 5.79. The van der Waals surface area contributed by atoms with Gasteiger partial charge in [-0.25, -0.2) is 0 Å². The van der Waals surface area contributed by atoms with Crippen molar-refractivity contribution >= 4 is 0 Å². The molecule has 1 aliphatic heterocycles. The zero-order chi connectivity index (χ0) is 11.9. The van der Waals surface area contributed by atoms with E-state index in [4.69, 9.17) is 4.74 Å². The van der Waals surface area contributed by atoms with Crippen molar-refractivity contribution in [3.8, 4) is 0 Å². The molecule has 2 unspecified atom stereocenters. The molecule has 2 aliphatic rings. The molecule has 1 aliphatic carbocycles. The average Bonchev–Trinajstić information content (AvgIpc) is 2.88. The van der Waals surface area contributed by atoms with Crippen LogP contribution in [0.25, 0.3) is 0 Å². The van der Waals surface area contributed by atoms with Crippen LogP contribution in [-0.4, -0.2) is 25.3 Å². The molecular weight excluding hydrogens is 210 g/mol. The summed E-state index contributed by atoms with van der Waals surface area (Å²) in [5.74, 6) is 0.935. The first-order valence-corrected chi connectivity index (χ1v) is 7.75. The maximum absolute atomic E-state index is 5.74. The summed E-state index contributed by atoms with van der Waals surface area (Å²) in [5.41, 5.74) is 0. The van der Waals surface area contributed by atoms with Gasteiger partial charge >= 0.3 is 0 Å².